The van der Waals surface area contributed by atoms with Crippen molar-refractivity contribution in [1.82, 2.24) is 4.90 Å². The van der Waals surface area contributed by atoms with Gasteiger partial charge < -0.3 is 4.90 Å². The molecular formula is C10H21N3. The summed E-state index contributed by atoms with van der Waals surface area (Å²) in [6.07, 6.45) is 2.30. The molecule has 3 nitrogen and oxygen atoms in total. The van der Waals surface area contributed by atoms with Gasteiger partial charge in [-0.2, -0.15) is 0 Å². The number of hydrogen-bond donors (Lipinski definition) is 0. The Bertz CT molecular complexity index is 169. The zero-order chi connectivity index (χ0) is 10.1. The standard InChI is InChI=1S/C10H21N3/c1-5-11-9-12-8-6-7-10(2)13(3)4/h10H,5-8H2,1-4H3. The van der Waals surface area contributed by atoms with Gasteiger partial charge in [-0.15, -0.1) is 0 Å². The molecule has 0 aliphatic carbocycles. The normalized spacial score (nSPS) is 12.4. The van der Waals surface area contributed by atoms with Gasteiger partial charge >= 0.3 is 0 Å². The van der Waals surface area contributed by atoms with E-state index in [9.17, 15) is 0 Å². The highest BCUT2D eigenvalue weighted by atomic mass is 15.1. The second-order valence-electron chi connectivity index (χ2n) is 3.41. The maximum atomic E-state index is 4.06. The molecule has 0 N–H and O–H groups in total. The van der Waals surface area contributed by atoms with Gasteiger partial charge in [-0.3, -0.25) is 0 Å². The van der Waals surface area contributed by atoms with Crippen LogP contribution in [0.2, 0.25) is 0 Å². The van der Waals surface area contributed by atoms with Crippen molar-refractivity contribution in [1.29, 1.82) is 0 Å². The topological polar surface area (TPSA) is 28.0 Å². The van der Waals surface area contributed by atoms with Crippen LogP contribution in [0.5, 0.6) is 0 Å². The van der Waals surface area contributed by atoms with Gasteiger partial charge in [-0.1, -0.05) is 0 Å². The van der Waals surface area contributed by atoms with Crippen molar-refractivity contribution in [2.24, 2.45) is 9.98 Å². The summed E-state index contributed by atoms with van der Waals surface area (Å²) in [5.41, 5.74) is 0. The van der Waals surface area contributed by atoms with Crippen molar-refractivity contribution < 1.29 is 0 Å². The van der Waals surface area contributed by atoms with Gasteiger partial charge in [0.2, 0.25) is 0 Å². The van der Waals surface area contributed by atoms with Crippen LogP contribution >= 0.6 is 0 Å². The quantitative estimate of drug-likeness (QED) is 0.456. The SMILES string of the molecule is CCN=C=NCCCC(C)N(C)C. The van der Waals surface area contributed by atoms with Crippen LogP contribution in [0.3, 0.4) is 0 Å². The minimum atomic E-state index is 0.637. The number of rotatable bonds is 6. The molecule has 0 aliphatic rings. The van der Waals surface area contributed by atoms with E-state index in [2.05, 4.69) is 41.9 Å². The maximum absolute atomic E-state index is 4.06. The Morgan fingerprint density at radius 2 is 2.00 bits per heavy atom. The van der Waals surface area contributed by atoms with E-state index in [1.807, 2.05) is 6.92 Å². The lowest BCUT2D eigenvalue weighted by Gasteiger charge is -2.18. The van der Waals surface area contributed by atoms with Crippen molar-refractivity contribution in [3.63, 3.8) is 0 Å². The van der Waals surface area contributed by atoms with E-state index in [0.29, 0.717) is 6.04 Å². The molecular weight excluding hydrogens is 162 g/mol. The fraction of sp³-hybridized carbons (Fsp3) is 0.900. The van der Waals surface area contributed by atoms with E-state index >= 15 is 0 Å². The summed E-state index contributed by atoms with van der Waals surface area (Å²) in [6, 6.07) is 3.31. The van der Waals surface area contributed by atoms with Crippen molar-refractivity contribution in [3.05, 3.63) is 0 Å². The highest BCUT2D eigenvalue weighted by Crippen LogP contribution is 2.01. The molecule has 3 heteroatoms. The van der Waals surface area contributed by atoms with Crippen molar-refractivity contribution >= 4 is 6.01 Å². The molecule has 0 saturated heterocycles. The lowest BCUT2D eigenvalue weighted by Crippen LogP contribution is -2.24. The van der Waals surface area contributed by atoms with Crippen molar-refractivity contribution in [3.8, 4) is 0 Å². The largest absolute Gasteiger partial charge is 0.307 e. The summed E-state index contributed by atoms with van der Waals surface area (Å²) in [5, 5.41) is 0. The van der Waals surface area contributed by atoms with E-state index in [4.69, 9.17) is 0 Å². The highest BCUT2D eigenvalue weighted by molar-refractivity contribution is 5.40. The summed E-state index contributed by atoms with van der Waals surface area (Å²) in [7, 11) is 4.21. The van der Waals surface area contributed by atoms with E-state index in [-0.39, 0.29) is 0 Å². The van der Waals surface area contributed by atoms with Crippen LogP contribution in [0.15, 0.2) is 9.98 Å². The molecule has 0 fully saturated rings. The molecule has 0 aromatic rings. The van der Waals surface area contributed by atoms with Crippen LogP contribution in [0.25, 0.3) is 0 Å². The maximum Gasteiger partial charge on any atom is 0.0892 e. The lowest BCUT2D eigenvalue weighted by atomic mass is 10.2. The predicted octanol–water partition coefficient (Wildman–Crippen LogP) is 1.91. The highest BCUT2D eigenvalue weighted by Gasteiger charge is 2.02. The lowest BCUT2D eigenvalue weighted by molar-refractivity contribution is 0.295. The fourth-order valence-corrected chi connectivity index (χ4v) is 0.895. The monoisotopic (exact) mass is 183 g/mol. The molecule has 0 amide bonds. The van der Waals surface area contributed by atoms with Crippen LogP contribution in [0, 0.1) is 0 Å². The zero-order valence-electron chi connectivity index (χ0n) is 9.25. The van der Waals surface area contributed by atoms with Gasteiger partial charge in [-0.05, 0) is 40.8 Å². The number of aliphatic imine (C=N–C) groups is 2. The zero-order valence-corrected chi connectivity index (χ0v) is 9.25. The van der Waals surface area contributed by atoms with E-state index in [0.717, 1.165) is 19.5 Å². The molecule has 0 aliphatic heterocycles. The molecule has 0 spiro atoms. The van der Waals surface area contributed by atoms with E-state index < -0.39 is 0 Å². The van der Waals surface area contributed by atoms with Gasteiger partial charge in [0.05, 0.1) is 6.01 Å². The van der Waals surface area contributed by atoms with Gasteiger partial charge in [-0.25, -0.2) is 9.98 Å². The Balaban J connectivity index is 3.40. The molecule has 76 valence electrons. The summed E-state index contributed by atoms with van der Waals surface area (Å²) < 4.78 is 0. The first kappa shape index (κ1) is 12.3. The van der Waals surface area contributed by atoms with Gasteiger partial charge in [0.25, 0.3) is 0 Å². The predicted molar refractivity (Wildman–Crippen MR) is 57.7 cm³/mol. The first-order valence-corrected chi connectivity index (χ1v) is 4.93. The average molecular weight is 183 g/mol. The van der Waals surface area contributed by atoms with Crippen LogP contribution in [-0.4, -0.2) is 44.1 Å². The summed E-state index contributed by atoms with van der Waals surface area (Å²) in [5.74, 6) is 0. The Morgan fingerprint density at radius 1 is 1.31 bits per heavy atom. The molecule has 0 heterocycles. The molecule has 1 unspecified atom stereocenters. The minimum Gasteiger partial charge on any atom is -0.307 e. The molecule has 0 bridgehead atoms. The smallest absolute Gasteiger partial charge is 0.0892 e. The summed E-state index contributed by atoms with van der Waals surface area (Å²) in [4.78, 5) is 10.2. The molecule has 0 aromatic carbocycles. The second kappa shape index (κ2) is 7.96. The Labute approximate surface area is 81.6 Å². The molecule has 0 saturated carbocycles. The van der Waals surface area contributed by atoms with Gasteiger partial charge in [0.15, 0.2) is 0 Å². The first-order valence-electron chi connectivity index (χ1n) is 4.93. The molecule has 1 atom stereocenters. The van der Waals surface area contributed by atoms with E-state index in [1.165, 1.54) is 6.42 Å². The van der Waals surface area contributed by atoms with Crippen LogP contribution in [0.1, 0.15) is 26.7 Å². The fourth-order valence-electron chi connectivity index (χ4n) is 0.895. The summed E-state index contributed by atoms with van der Waals surface area (Å²) >= 11 is 0. The van der Waals surface area contributed by atoms with Gasteiger partial charge in [0.1, 0.15) is 0 Å². The first-order chi connectivity index (χ1) is 6.18. The van der Waals surface area contributed by atoms with E-state index in [1.54, 1.807) is 0 Å². The molecule has 0 radical (unpaired) electrons. The third-order valence-corrected chi connectivity index (χ3v) is 2.07. The van der Waals surface area contributed by atoms with Crippen LogP contribution < -0.4 is 0 Å². The third-order valence-electron chi connectivity index (χ3n) is 2.07. The van der Waals surface area contributed by atoms with Crippen LogP contribution in [0.4, 0.5) is 0 Å². The number of nitrogens with zero attached hydrogens (tertiary/aromatic N) is 3. The second-order valence-corrected chi connectivity index (χ2v) is 3.41. The molecule has 13 heavy (non-hydrogen) atoms. The van der Waals surface area contributed by atoms with Gasteiger partial charge in [0, 0.05) is 19.1 Å². The minimum absolute atomic E-state index is 0.637. The molecule has 0 aromatic heterocycles. The molecule has 0 rings (SSSR count). The van der Waals surface area contributed by atoms with Crippen molar-refractivity contribution in [2.45, 2.75) is 32.7 Å². The Hall–Kier alpha value is -0.660. The Morgan fingerprint density at radius 3 is 2.54 bits per heavy atom. The summed E-state index contributed by atoms with van der Waals surface area (Å²) in [6.45, 7) is 5.83. The third kappa shape index (κ3) is 7.69. The number of hydrogen-bond acceptors (Lipinski definition) is 3. The Kier molecular flexibility index (Phi) is 7.56. The van der Waals surface area contributed by atoms with Crippen LogP contribution in [-0.2, 0) is 0 Å². The average Bonchev–Trinajstić information content (AvgIpc) is 2.10. The van der Waals surface area contributed by atoms with Crippen molar-refractivity contribution in [2.75, 3.05) is 27.2 Å².